The van der Waals surface area contributed by atoms with Gasteiger partial charge in [0.1, 0.15) is 11.5 Å². The van der Waals surface area contributed by atoms with E-state index >= 15 is 0 Å². The van der Waals surface area contributed by atoms with Gasteiger partial charge in [-0.25, -0.2) is 0 Å². The van der Waals surface area contributed by atoms with Crippen LogP contribution in [0, 0.1) is 12.8 Å². The number of alkyl halides is 1. The topological polar surface area (TPSA) is 44.8 Å². The maximum absolute atomic E-state index is 11.9. The highest BCUT2D eigenvalue weighted by molar-refractivity contribution is 6.20. The summed E-state index contributed by atoms with van der Waals surface area (Å²) in [5, 5.41) is 0.273. The lowest BCUT2D eigenvalue weighted by Crippen LogP contribution is -2.10. The minimum absolute atomic E-state index is 0.141. The Morgan fingerprint density at radius 1 is 0.806 bits per heavy atom. The number of carbonyl (C=O) groups is 1. The minimum atomic E-state index is -0.141. The molecule has 2 aromatic rings. The largest absolute Gasteiger partial charge is 0.494 e. The number of esters is 1. The summed E-state index contributed by atoms with van der Waals surface area (Å²) in [5.41, 5.74) is 2.20. The number of benzene rings is 2. The van der Waals surface area contributed by atoms with Gasteiger partial charge < -0.3 is 14.2 Å². The van der Waals surface area contributed by atoms with E-state index in [0.717, 1.165) is 75.0 Å². The molecule has 5 heteroatoms. The molecule has 2 aromatic carbocycles. The first-order valence-electron chi connectivity index (χ1n) is 13.7. The molecule has 0 saturated carbocycles. The van der Waals surface area contributed by atoms with E-state index < -0.39 is 0 Å². The summed E-state index contributed by atoms with van der Waals surface area (Å²) in [5.74, 6) is 2.12. The van der Waals surface area contributed by atoms with Gasteiger partial charge in [-0.05, 0) is 74.8 Å². The summed E-state index contributed by atoms with van der Waals surface area (Å²) in [6.45, 7) is 8.33. The van der Waals surface area contributed by atoms with Crippen molar-refractivity contribution in [1.29, 1.82) is 0 Å². The number of ether oxygens (including phenoxy) is 3. The molecular formula is C31H45ClO4. The van der Waals surface area contributed by atoms with Gasteiger partial charge in [-0.3, -0.25) is 4.79 Å². The molecule has 0 aliphatic rings. The van der Waals surface area contributed by atoms with Crippen LogP contribution in [0.15, 0.2) is 48.5 Å². The van der Waals surface area contributed by atoms with Gasteiger partial charge in [-0.15, -0.1) is 11.6 Å². The molecule has 200 valence electrons. The molecule has 4 nitrogen and oxygen atoms in total. The Kier molecular flexibility index (Phi) is 15.1. The zero-order valence-electron chi connectivity index (χ0n) is 22.5. The third-order valence-electron chi connectivity index (χ3n) is 6.31. The molecule has 0 fully saturated rings. The van der Waals surface area contributed by atoms with Crippen LogP contribution in [0.5, 0.6) is 11.5 Å². The SMILES string of the molecule is CCC(Cl)CCC(C)COc1ccc(OCCCCCCCCOC(=O)Cc2ccc(C)cc2)cc1. The fourth-order valence-electron chi connectivity index (χ4n) is 3.83. The quantitative estimate of drug-likeness (QED) is 0.107. The van der Waals surface area contributed by atoms with Crippen LogP contribution < -0.4 is 9.47 Å². The van der Waals surface area contributed by atoms with E-state index in [1.165, 1.54) is 12.0 Å². The number of hydrogen-bond donors (Lipinski definition) is 0. The summed E-state index contributed by atoms with van der Waals surface area (Å²) in [6, 6.07) is 15.9. The second kappa shape index (κ2) is 18.1. The molecule has 0 saturated heterocycles. The van der Waals surface area contributed by atoms with Crippen molar-refractivity contribution < 1.29 is 19.0 Å². The van der Waals surface area contributed by atoms with Crippen LogP contribution >= 0.6 is 11.6 Å². The minimum Gasteiger partial charge on any atom is -0.494 e. The predicted octanol–water partition coefficient (Wildman–Crippen LogP) is 8.31. The highest BCUT2D eigenvalue weighted by atomic mass is 35.5. The van der Waals surface area contributed by atoms with Gasteiger partial charge in [0, 0.05) is 5.38 Å². The first kappa shape index (κ1) is 30.0. The van der Waals surface area contributed by atoms with E-state index in [1.807, 2.05) is 55.5 Å². The molecule has 0 amide bonds. The predicted molar refractivity (Wildman–Crippen MR) is 149 cm³/mol. The molecule has 0 N–H and O–H groups in total. The summed E-state index contributed by atoms with van der Waals surface area (Å²) < 4.78 is 17.1. The number of carbonyl (C=O) groups excluding carboxylic acids is 1. The number of aryl methyl sites for hydroxylation is 1. The first-order valence-corrected chi connectivity index (χ1v) is 14.1. The van der Waals surface area contributed by atoms with Crippen molar-refractivity contribution in [1.82, 2.24) is 0 Å². The molecule has 0 radical (unpaired) electrons. The normalized spacial score (nSPS) is 12.7. The van der Waals surface area contributed by atoms with E-state index in [1.54, 1.807) is 0 Å². The molecule has 0 heterocycles. The van der Waals surface area contributed by atoms with Gasteiger partial charge in [-0.1, -0.05) is 69.4 Å². The van der Waals surface area contributed by atoms with Crippen LogP contribution in [0.25, 0.3) is 0 Å². The lowest BCUT2D eigenvalue weighted by molar-refractivity contribution is -0.142. The fraction of sp³-hybridized carbons (Fsp3) is 0.581. The van der Waals surface area contributed by atoms with Crippen LogP contribution in [-0.4, -0.2) is 31.2 Å². The molecule has 2 atom stereocenters. The van der Waals surface area contributed by atoms with Crippen LogP contribution in [0.4, 0.5) is 0 Å². The first-order chi connectivity index (χ1) is 17.5. The monoisotopic (exact) mass is 516 g/mol. The third-order valence-corrected chi connectivity index (χ3v) is 6.84. The second-order valence-electron chi connectivity index (χ2n) is 9.82. The maximum atomic E-state index is 11.9. The summed E-state index contributed by atoms with van der Waals surface area (Å²) in [4.78, 5) is 11.9. The number of rotatable bonds is 19. The molecule has 0 spiro atoms. The zero-order valence-corrected chi connectivity index (χ0v) is 23.2. The highest BCUT2D eigenvalue weighted by Gasteiger charge is 2.08. The van der Waals surface area contributed by atoms with E-state index in [0.29, 0.717) is 25.6 Å². The van der Waals surface area contributed by atoms with Gasteiger partial charge in [0.05, 0.1) is 26.2 Å². The van der Waals surface area contributed by atoms with Crippen molar-refractivity contribution in [2.24, 2.45) is 5.92 Å². The molecule has 2 rings (SSSR count). The van der Waals surface area contributed by atoms with Crippen molar-refractivity contribution in [3.05, 3.63) is 59.7 Å². The Bertz CT molecular complexity index is 835. The van der Waals surface area contributed by atoms with Crippen LogP contribution in [0.2, 0.25) is 0 Å². The Labute approximate surface area is 223 Å². The van der Waals surface area contributed by atoms with Gasteiger partial charge in [-0.2, -0.15) is 0 Å². The van der Waals surface area contributed by atoms with Crippen LogP contribution in [-0.2, 0) is 16.0 Å². The van der Waals surface area contributed by atoms with Gasteiger partial charge in [0.2, 0.25) is 0 Å². The van der Waals surface area contributed by atoms with E-state index in [4.69, 9.17) is 25.8 Å². The molecule has 0 aromatic heterocycles. The van der Waals surface area contributed by atoms with Crippen molar-refractivity contribution in [2.45, 2.75) is 90.4 Å². The Morgan fingerprint density at radius 3 is 2.03 bits per heavy atom. The summed E-state index contributed by atoms with van der Waals surface area (Å²) in [7, 11) is 0. The number of halogens is 1. The third kappa shape index (κ3) is 13.8. The smallest absolute Gasteiger partial charge is 0.310 e. The fourth-order valence-corrected chi connectivity index (χ4v) is 3.96. The Balaban J connectivity index is 1.43. The molecule has 0 aliphatic carbocycles. The van der Waals surface area contributed by atoms with E-state index in [2.05, 4.69) is 13.8 Å². The number of hydrogen-bond acceptors (Lipinski definition) is 4. The van der Waals surface area contributed by atoms with Gasteiger partial charge in [0.25, 0.3) is 0 Å². The summed E-state index contributed by atoms with van der Waals surface area (Å²) >= 11 is 6.20. The second-order valence-corrected chi connectivity index (χ2v) is 10.4. The zero-order chi connectivity index (χ0) is 26.0. The van der Waals surface area contributed by atoms with E-state index in [9.17, 15) is 4.79 Å². The average molecular weight is 517 g/mol. The highest BCUT2D eigenvalue weighted by Crippen LogP contribution is 2.20. The van der Waals surface area contributed by atoms with Crippen molar-refractivity contribution in [2.75, 3.05) is 19.8 Å². The molecule has 36 heavy (non-hydrogen) atoms. The Morgan fingerprint density at radius 2 is 1.39 bits per heavy atom. The maximum Gasteiger partial charge on any atom is 0.310 e. The lowest BCUT2D eigenvalue weighted by atomic mass is 10.0. The molecule has 2 unspecified atom stereocenters. The van der Waals surface area contributed by atoms with Crippen molar-refractivity contribution >= 4 is 17.6 Å². The van der Waals surface area contributed by atoms with E-state index in [-0.39, 0.29) is 11.3 Å². The van der Waals surface area contributed by atoms with Gasteiger partial charge >= 0.3 is 5.97 Å². The standard InChI is InChI=1S/C31H45ClO4/c1-4-28(32)16-13-26(3)24-36-30-19-17-29(18-20-30)34-21-9-7-5-6-8-10-22-35-31(33)23-27-14-11-25(2)12-15-27/h11-12,14-15,17-20,26,28H,4-10,13,16,21-24H2,1-3H3. The van der Waals surface area contributed by atoms with Gasteiger partial charge in [0.15, 0.2) is 0 Å². The lowest BCUT2D eigenvalue weighted by Gasteiger charge is -2.15. The number of unbranched alkanes of at least 4 members (excludes halogenated alkanes) is 5. The van der Waals surface area contributed by atoms with Crippen LogP contribution in [0.3, 0.4) is 0 Å². The van der Waals surface area contributed by atoms with Crippen molar-refractivity contribution in [3.63, 3.8) is 0 Å². The molecule has 0 aliphatic heterocycles. The Hall–Kier alpha value is -2.20. The molecule has 0 bridgehead atoms. The average Bonchev–Trinajstić information content (AvgIpc) is 2.89. The van der Waals surface area contributed by atoms with Crippen molar-refractivity contribution in [3.8, 4) is 11.5 Å². The van der Waals surface area contributed by atoms with Crippen LogP contribution in [0.1, 0.15) is 82.8 Å². The molecular weight excluding hydrogens is 472 g/mol. The summed E-state index contributed by atoms with van der Waals surface area (Å²) in [6.07, 6.45) is 10.0.